The molecule has 0 aliphatic rings. The van der Waals surface area contributed by atoms with Gasteiger partial charge in [-0.05, 0) is 12.1 Å². The molecule has 0 unspecified atom stereocenters. The predicted molar refractivity (Wildman–Crippen MR) is 75.6 cm³/mol. The van der Waals surface area contributed by atoms with E-state index in [2.05, 4.69) is 15.5 Å². The minimum absolute atomic E-state index is 0.160. The number of rotatable bonds is 4. The van der Waals surface area contributed by atoms with Crippen molar-refractivity contribution in [2.24, 2.45) is 0 Å². The van der Waals surface area contributed by atoms with Gasteiger partial charge in [0.15, 0.2) is 0 Å². The lowest BCUT2D eigenvalue weighted by molar-refractivity contribution is -0.115. The van der Waals surface area contributed by atoms with E-state index >= 15 is 0 Å². The molecule has 0 bridgehead atoms. The van der Waals surface area contributed by atoms with Crippen LogP contribution in [0.5, 0.6) is 0 Å². The van der Waals surface area contributed by atoms with E-state index in [0.29, 0.717) is 17.0 Å². The van der Waals surface area contributed by atoms with Crippen LogP contribution in [-0.4, -0.2) is 29.2 Å². The molecule has 20 heavy (non-hydrogen) atoms. The molecule has 0 saturated carbocycles. The third-order valence-electron chi connectivity index (χ3n) is 2.57. The number of methoxy groups -OCH3 is 1. The second kappa shape index (κ2) is 6.25. The maximum absolute atomic E-state index is 11.8. The third-order valence-corrected chi connectivity index (χ3v) is 3.73. The summed E-state index contributed by atoms with van der Waals surface area (Å²) in [5, 5.41) is 10.2. The number of aromatic nitrogens is 2. The van der Waals surface area contributed by atoms with Crippen molar-refractivity contribution in [3.05, 3.63) is 29.4 Å². The smallest absolute Gasteiger partial charge is 0.350 e. The Labute approximate surface area is 119 Å². The molecule has 2 rings (SSSR count). The first-order chi connectivity index (χ1) is 9.65. The van der Waals surface area contributed by atoms with E-state index in [0.717, 1.165) is 10.4 Å². The number of hydrogen-bond donors (Lipinski definition) is 1. The predicted octanol–water partition coefficient (Wildman–Crippen LogP) is 2.34. The number of carbonyl (C=O) groups excluding carboxylic acids is 2. The first-order valence-corrected chi connectivity index (χ1v) is 6.76. The second-order valence-electron chi connectivity index (χ2n) is 3.88. The van der Waals surface area contributed by atoms with Crippen molar-refractivity contribution in [3.63, 3.8) is 0 Å². The Kier molecular flexibility index (Phi) is 4.41. The Morgan fingerprint density at radius 3 is 2.80 bits per heavy atom. The highest BCUT2D eigenvalue weighted by molar-refractivity contribution is 7.18. The highest BCUT2D eigenvalue weighted by Gasteiger charge is 2.19. The molecule has 1 amide bonds. The highest BCUT2D eigenvalue weighted by Crippen LogP contribution is 2.34. The van der Waals surface area contributed by atoms with E-state index < -0.39 is 5.97 Å². The van der Waals surface area contributed by atoms with Crippen molar-refractivity contribution in [3.8, 4) is 10.4 Å². The fourth-order valence-corrected chi connectivity index (χ4v) is 2.57. The summed E-state index contributed by atoms with van der Waals surface area (Å²) < 4.78 is 4.73. The molecule has 0 fully saturated rings. The number of amides is 1. The molecule has 104 valence electrons. The third kappa shape index (κ3) is 3.00. The van der Waals surface area contributed by atoms with Gasteiger partial charge in [0.2, 0.25) is 5.91 Å². The highest BCUT2D eigenvalue weighted by atomic mass is 32.1. The van der Waals surface area contributed by atoms with E-state index in [1.165, 1.54) is 18.4 Å². The van der Waals surface area contributed by atoms with Gasteiger partial charge in [-0.2, -0.15) is 10.2 Å². The molecule has 7 heteroatoms. The van der Waals surface area contributed by atoms with Crippen LogP contribution in [0.2, 0.25) is 0 Å². The average molecular weight is 291 g/mol. The number of thiophene rings is 1. The number of carbonyl (C=O) groups is 2. The normalized spacial score (nSPS) is 10.1. The lowest BCUT2D eigenvalue weighted by Gasteiger charge is -2.02. The van der Waals surface area contributed by atoms with Gasteiger partial charge in [-0.3, -0.25) is 4.79 Å². The van der Waals surface area contributed by atoms with Gasteiger partial charge in [-0.1, -0.05) is 6.92 Å². The Morgan fingerprint density at radius 1 is 1.40 bits per heavy atom. The SMILES string of the molecule is CCC(=O)Nc1cc(-c2ccnnc2)sc1C(=O)OC. The number of nitrogens with zero attached hydrogens (tertiary/aromatic N) is 2. The van der Waals surface area contributed by atoms with Gasteiger partial charge in [0, 0.05) is 16.9 Å². The summed E-state index contributed by atoms with van der Waals surface area (Å²) >= 11 is 1.24. The molecular weight excluding hydrogens is 278 g/mol. The van der Waals surface area contributed by atoms with Crippen LogP contribution in [0.3, 0.4) is 0 Å². The van der Waals surface area contributed by atoms with E-state index in [1.54, 1.807) is 31.5 Å². The molecule has 0 aromatic carbocycles. The van der Waals surface area contributed by atoms with Crippen LogP contribution in [-0.2, 0) is 9.53 Å². The summed E-state index contributed by atoms with van der Waals surface area (Å²) in [5.41, 5.74) is 1.28. The zero-order valence-electron chi connectivity index (χ0n) is 11.0. The summed E-state index contributed by atoms with van der Waals surface area (Å²) in [6.07, 6.45) is 3.50. The van der Waals surface area contributed by atoms with Gasteiger partial charge < -0.3 is 10.1 Å². The number of esters is 1. The average Bonchev–Trinajstić information content (AvgIpc) is 2.91. The molecule has 6 nitrogen and oxygen atoms in total. The van der Waals surface area contributed by atoms with Crippen molar-refractivity contribution < 1.29 is 14.3 Å². The molecule has 0 saturated heterocycles. The second-order valence-corrected chi connectivity index (χ2v) is 4.93. The quantitative estimate of drug-likeness (QED) is 0.874. The molecule has 2 aromatic heterocycles. The Balaban J connectivity index is 2.41. The van der Waals surface area contributed by atoms with Gasteiger partial charge in [0.25, 0.3) is 0 Å². The van der Waals surface area contributed by atoms with Crippen molar-refractivity contribution in [2.45, 2.75) is 13.3 Å². The monoisotopic (exact) mass is 291 g/mol. The minimum atomic E-state index is -0.477. The van der Waals surface area contributed by atoms with Crippen molar-refractivity contribution in [1.82, 2.24) is 10.2 Å². The molecule has 1 N–H and O–H groups in total. The molecular formula is C13H13N3O3S. The number of hydrogen-bond acceptors (Lipinski definition) is 6. The van der Waals surface area contributed by atoms with Crippen LogP contribution in [0.4, 0.5) is 5.69 Å². The van der Waals surface area contributed by atoms with E-state index in [1.807, 2.05) is 0 Å². The zero-order valence-corrected chi connectivity index (χ0v) is 11.9. The largest absolute Gasteiger partial charge is 0.465 e. The lowest BCUT2D eigenvalue weighted by atomic mass is 10.2. The van der Waals surface area contributed by atoms with E-state index in [9.17, 15) is 9.59 Å². The van der Waals surface area contributed by atoms with Gasteiger partial charge in [-0.25, -0.2) is 4.79 Å². The Hall–Kier alpha value is -2.28. The first-order valence-electron chi connectivity index (χ1n) is 5.94. The van der Waals surface area contributed by atoms with Crippen LogP contribution in [0.1, 0.15) is 23.0 Å². The lowest BCUT2D eigenvalue weighted by Crippen LogP contribution is -2.12. The van der Waals surface area contributed by atoms with Crippen LogP contribution in [0.25, 0.3) is 10.4 Å². The number of nitrogens with one attached hydrogen (secondary N) is 1. The molecule has 0 aliphatic carbocycles. The molecule has 0 spiro atoms. The fraction of sp³-hybridized carbons (Fsp3) is 0.231. The fourth-order valence-electron chi connectivity index (χ4n) is 1.55. The van der Waals surface area contributed by atoms with Gasteiger partial charge in [-0.15, -0.1) is 11.3 Å². The maximum Gasteiger partial charge on any atom is 0.350 e. The number of ether oxygens (including phenoxy) is 1. The number of anilines is 1. The molecule has 0 atom stereocenters. The Bertz CT molecular complexity index is 625. The van der Waals surface area contributed by atoms with Crippen LogP contribution < -0.4 is 5.32 Å². The van der Waals surface area contributed by atoms with Crippen LogP contribution in [0.15, 0.2) is 24.5 Å². The van der Waals surface area contributed by atoms with E-state index in [4.69, 9.17) is 4.74 Å². The van der Waals surface area contributed by atoms with Crippen molar-refractivity contribution >= 4 is 28.9 Å². The first kappa shape index (κ1) is 14.1. The molecule has 0 radical (unpaired) electrons. The summed E-state index contributed by atoms with van der Waals surface area (Å²) in [6.45, 7) is 1.74. The molecule has 0 aliphatic heterocycles. The van der Waals surface area contributed by atoms with Crippen molar-refractivity contribution in [2.75, 3.05) is 12.4 Å². The summed E-state index contributed by atoms with van der Waals surface area (Å²) in [7, 11) is 1.31. The zero-order chi connectivity index (χ0) is 14.5. The van der Waals surface area contributed by atoms with Gasteiger partial charge >= 0.3 is 5.97 Å². The van der Waals surface area contributed by atoms with Crippen LogP contribution >= 0.6 is 11.3 Å². The van der Waals surface area contributed by atoms with E-state index in [-0.39, 0.29) is 5.91 Å². The van der Waals surface area contributed by atoms with Crippen molar-refractivity contribution in [1.29, 1.82) is 0 Å². The standard InChI is InChI=1S/C13H13N3O3S/c1-3-11(17)16-9-6-10(8-4-5-14-15-7-8)20-12(9)13(18)19-2/h4-7H,3H2,1-2H3,(H,16,17). The Morgan fingerprint density at radius 2 is 2.20 bits per heavy atom. The summed E-state index contributed by atoms with van der Waals surface area (Å²) in [4.78, 5) is 24.4. The molecule has 2 heterocycles. The topological polar surface area (TPSA) is 81.2 Å². The minimum Gasteiger partial charge on any atom is -0.465 e. The maximum atomic E-state index is 11.8. The summed E-state index contributed by atoms with van der Waals surface area (Å²) in [6, 6.07) is 3.52. The molecule has 2 aromatic rings. The van der Waals surface area contributed by atoms with Gasteiger partial charge in [0.05, 0.1) is 25.2 Å². The summed E-state index contributed by atoms with van der Waals surface area (Å²) in [5.74, 6) is -0.637. The van der Waals surface area contributed by atoms with Gasteiger partial charge in [0.1, 0.15) is 4.88 Å². The van der Waals surface area contributed by atoms with Crippen LogP contribution in [0, 0.1) is 0 Å².